The summed E-state index contributed by atoms with van der Waals surface area (Å²) in [4.78, 5) is 13.2. The minimum Gasteiger partial charge on any atom is -0.347 e. The molecule has 1 atom stereocenters. The van der Waals surface area contributed by atoms with Crippen molar-refractivity contribution < 1.29 is 18.7 Å². The van der Waals surface area contributed by atoms with Crippen LogP contribution in [-0.4, -0.2) is 24.3 Å². The Morgan fingerprint density at radius 1 is 1.12 bits per heavy atom. The standard InChI is InChI=1S/C21H19FO3/c1-21(2)24-12-16(25-21)11-19-17-6-4-3-5-13(17)9-14-7-8-15(22)10-18(14)20(19)23/h3-8,10-11,16H,9,12H2,1-2H3/b19-11+/t16-/m0/s1. The smallest absolute Gasteiger partial charge is 0.193 e. The topological polar surface area (TPSA) is 35.5 Å². The summed E-state index contributed by atoms with van der Waals surface area (Å²) in [5, 5.41) is 0. The molecule has 3 nitrogen and oxygen atoms in total. The van der Waals surface area contributed by atoms with Gasteiger partial charge in [-0.2, -0.15) is 0 Å². The molecule has 2 aromatic rings. The minimum atomic E-state index is -0.668. The maximum absolute atomic E-state index is 13.7. The summed E-state index contributed by atoms with van der Waals surface area (Å²) in [5.41, 5.74) is 3.72. The third-order valence-electron chi connectivity index (χ3n) is 4.63. The zero-order valence-electron chi connectivity index (χ0n) is 14.2. The third-order valence-corrected chi connectivity index (χ3v) is 4.63. The fourth-order valence-corrected chi connectivity index (χ4v) is 3.47. The zero-order valence-corrected chi connectivity index (χ0v) is 14.2. The Labute approximate surface area is 146 Å². The van der Waals surface area contributed by atoms with Crippen molar-refractivity contribution in [1.29, 1.82) is 0 Å². The zero-order chi connectivity index (χ0) is 17.6. The molecule has 0 N–H and O–H groups in total. The number of ether oxygens (including phenoxy) is 2. The summed E-state index contributed by atoms with van der Waals surface area (Å²) < 4.78 is 25.2. The molecular formula is C21H19FO3. The van der Waals surface area contributed by atoms with E-state index < -0.39 is 11.6 Å². The molecule has 1 aliphatic heterocycles. The van der Waals surface area contributed by atoms with E-state index in [-0.39, 0.29) is 11.9 Å². The van der Waals surface area contributed by atoms with Gasteiger partial charge in [-0.15, -0.1) is 0 Å². The predicted octanol–water partition coefficient (Wildman–Crippen LogP) is 4.15. The van der Waals surface area contributed by atoms with Gasteiger partial charge in [0.25, 0.3) is 0 Å². The highest BCUT2D eigenvalue weighted by atomic mass is 19.1. The normalized spacial score (nSPS) is 23.2. The van der Waals surface area contributed by atoms with Crippen LogP contribution < -0.4 is 0 Å². The lowest BCUT2D eigenvalue weighted by Crippen LogP contribution is -2.21. The average molecular weight is 338 g/mol. The maximum Gasteiger partial charge on any atom is 0.193 e. The molecule has 4 heteroatoms. The third kappa shape index (κ3) is 3.03. The van der Waals surface area contributed by atoms with Crippen LogP contribution in [0.1, 0.15) is 40.9 Å². The van der Waals surface area contributed by atoms with Crippen LogP contribution in [0, 0.1) is 5.82 Å². The van der Waals surface area contributed by atoms with Gasteiger partial charge in [-0.1, -0.05) is 30.3 Å². The molecule has 4 rings (SSSR count). The van der Waals surface area contributed by atoms with Crippen molar-refractivity contribution in [2.24, 2.45) is 0 Å². The van der Waals surface area contributed by atoms with E-state index in [0.29, 0.717) is 24.2 Å². The second-order valence-electron chi connectivity index (χ2n) is 6.91. The van der Waals surface area contributed by atoms with Crippen LogP contribution >= 0.6 is 0 Å². The van der Waals surface area contributed by atoms with E-state index in [4.69, 9.17) is 9.47 Å². The lowest BCUT2D eigenvalue weighted by atomic mass is 9.95. The molecule has 25 heavy (non-hydrogen) atoms. The second kappa shape index (κ2) is 5.90. The first-order valence-corrected chi connectivity index (χ1v) is 8.38. The fourth-order valence-electron chi connectivity index (χ4n) is 3.47. The molecule has 1 heterocycles. The summed E-state index contributed by atoms with van der Waals surface area (Å²) in [6.07, 6.45) is 2.11. The van der Waals surface area contributed by atoms with Crippen LogP contribution in [0.5, 0.6) is 0 Å². The van der Waals surface area contributed by atoms with E-state index in [1.165, 1.54) is 12.1 Å². The van der Waals surface area contributed by atoms with Gasteiger partial charge in [0.05, 0.1) is 6.61 Å². The Morgan fingerprint density at radius 2 is 1.88 bits per heavy atom. The van der Waals surface area contributed by atoms with Gasteiger partial charge in [0.1, 0.15) is 11.9 Å². The lowest BCUT2D eigenvalue weighted by Gasteiger charge is -2.16. The number of allylic oxidation sites excluding steroid dienone is 1. The van der Waals surface area contributed by atoms with E-state index in [2.05, 4.69) is 0 Å². The van der Waals surface area contributed by atoms with Crippen molar-refractivity contribution in [1.82, 2.24) is 0 Å². The first-order chi connectivity index (χ1) is 11.9. The number of fused-ring (bicyclic) bond motifs is 2. The summed E-state index contributed by atoms with van der Waals surface area (Å²) in [6, 6.07) is 12.2. The molecule has 1 aliphatic carbocycles. The van der Waals surface area contributed by atoms with E-state index in [0.717, 1.165) is 16.7 Å². The van der Waals surface area contributed by atoms with E-state index in [9.17, 15) is 9.18 Å². The highest BCUT2D eigenvalue weighted by Crippen LogP contribution is 2.33. The first-order valence-electron chi connectivity index (χ1n) is 8.38. The SMILES string of the molecule is CC1(C)OC[C@H](/C=C2/C(=O)c3cc(F)ccc3Cc3ccccc32)O1. The number of rotatable bonds is 1. The fraction of sp³-hybridized carbons (Fsp3) is 0.286. The van der Waals surface area contributed by atoms with Crippen LogP contribution in [0.3, 0.4) is 0 Å². The van der Waals surface area contributed by atoms with Gasteiger partial charge in [0.15, 0.2) is 11.6 Å². The van der Waals surface area contributed by atoms with Gasteiger partial charge >= 0.3 is 0 Å². The number of carbonyl (C=O) groups excluding carboxylic acids is 1. The van der Waals surface area contributed by atoms with Crippen molar-refractivity contribution in [3.8, 4) is 0 Å². The summed E-state index contributed by atoms with van der Waals surface area (Å²) in [7, 11) is 0. The van der Waals surface area contributed by atoms with Crippen LogP contribution in [0.4, 0.5) is 4.39 Å². The summed E-state index contributed by atoms with van der Waals surface area (Å²) in [5.74, 6) is -1.24. The van der Waals surface area contributed by atoms with E-state index in [1.54, 1.807) is 6.07 Å². The number of ketones is 1. The number of hydrogen-bond donors (Lipinski definition) is 0. The molecule has 0 spiro atoms. The molecule has 2 aliphatic rings. The Morgan fingerprint density at radius 3 is 2.64 bits per heavy atom. The number of hydrogen-bond acceptors (Lipinski definition) is 3. The van der Waals surface area contributed by atoms with E-state index in [1.807, 2.05) is 44.2 Å². The predicted molar refractivity (Wildman–Crippen MR) is 92.9 cm³/mol. The lowest BCUT2D eigenvalue weighted by molar-refractivity contribution is -0.133. The van der Waals surface area contributed by atoms with Crippen molar-refractivity contribution in [2.45, 2.75) is 32.2 Å². The minimum absolute atomic E-state index is 0.173. The Bertz CT molecular complexity index is 882. The highest BCUT2D eigenvalue weighted by Gasteiger charge is 2.33. The van der Waals surface area contributed by atoms with Crippen molar-refractivity contribution >= 4 is 11.4 Å². The van der Waals surface area contributed by atoms with Gasteiger partial charge in [-0.3, -0.25) is 4.79 Å². The molecular weight excluding hydrogens is 319 g/mol. The molecule has 1 saturated heterocycles. The van der Waals surface area contributed by atoms with Gasteiger partial charge in [0.2, 0.25) is 0 Å². The molecule has 0 aromatic heterocycles. The molecule has 0 unspecified atom stereocenters. The molecule has 2 aromatic carbocycles. The van der Waals surface area contributed by atoms with Crippen LogP contribution in [0.25, 0.3) is 5.57 Å². The van der Waals surface area contributed by atoms with Crippen LogP contribution in [0.15, 0.2) is 48.5 Å². The number of benzene rings is 2. The quantitative estimate of drug-likeness (QED) is 0.733. The Hall–Kier alpha value is -2.30. The Kier molecular flexibility index (Phi) is 3.82. The number of Topliss-reactive ketones (excluding diaryl/α,β-unsaturated/α-hetero) is 1. The van der Waals surface area contributed by atoms with E-state index >= 15 is 0 Å². The first kappa shape index (κ1) is 16.2. The van der Waals surface area contributed by atoms with Gasteiger partial charge in [0, 0.05) is 11.1 Å². The van der Waals surface area contributed by atoms with Gasteiger partial charge < -0.3 is 9.47 Å². The maximum atomic E-state index is 13.7. The largest absolute Gasteiger partial charge is 0.347 e. The van der Waals surface area contributed by atoms with Crippen molar-refractivity contribution in [3.05, 3.63) is 76.6 Å². The molecule has 1 fully saturated rings. The molecule has 0 bridgehead atoms. The summed E-state index contributed by atoms with van der Waals surface area (Å²) in [6.45, 7) is 4.08. The summed E-state index contributed by atoms with van der Waals surface area (Å²) >= 11 is 0. The number of halogens is 1. The van der Waals surface area contributed by atoms with Crippen LogP contribution in [0.2, 0.25) is 0 Å². The second-order valence-corrected chi connectivity index (χ2v) is 6.91. The molecule has 0 amide bonds. The van der Waals surface area contributed by atoms with Gasteiger partial charge in [-0.25, -0.2) is 4.39 Å². The Balaban J connectivity index is 1.85. The van der Waals surface area contributed by atoms with Crippen molar-refractivity contribution in [2.75, 3.05) is 6.61 Å². The van der Waals surface area contributed by atoms with Gasteiger partial charge in [-0.05, 0) is 55.2 Å². The average Bonchev–Trinajstić information content (AvgIpc) is 2.87. The monoisotopic (exact) mass is 338 g/mol. The molecule has 0 saturated carbocycles. The molecule has 0 radical (unpaired) electrons. The number of carbonyl (C=O) groups is 1. The molecule has 128 valence electrons. The highest BCUT2D eigenvalue weighted by molar-refractivity contribution is 6.30. The van der Waals surface area contributed by atoms with Crippen LogP contribution in [-0.2, 0) is 15.9 Å². The van der Waals surface area contributed by atoms with Crippen molar-refractivity contribution in [3.63, 3.8) is 0 Å².